The Morgan fingerprint density at radius 2 is 2.18 bits per heavy atom. The van der Waals surface area contributed by atoms with Gasteiger partial charge in [-0.1, -0.05) is 56.3 Å². The summed E-state index contributed by atoms with van der Waals surface area (Å²) in [5.41, 5.74) is 1.12. The number of rotatable bonds is 8. The number of carbonyl (C=O) groups is 1. The summed E-state index contributed by atoms with van der Waals surface area (Å²) in [6.45, 7) is 6.92. The Kier molecular flexibility index (Phi) is 7.25. The average molecular weight is 383 g/mol. The van der Waals surface area contributed by atoms with E-state index in [4.69, 9.17) is 4.74 Å². The van der Waals surface area contributed by atoms with Gasteiger partial charge in [-0.25, -0.2) is 9.48 Å². The van der Waals surface area contributed by atoms with E-state index in [9.17, 15) is 4.79 Å². The number of urea groups is 1. The second-order valence-corrected chi connectivity index (χ2v) is 7.58. The van der Waals surface area contributed by atoms with Gasteiger partial charge in [-0.15, -0.1) is 0 Å². The summed E-state index contributed by atoms with van der Waals surface area (Å²) in [6.07, 6.45) is 7.95. The Morgan fingerprint density at radius 1 is 1.36 bits per heavy atom. The second-order valence-electron chi connectivity index (χ2n) is 7.58. The fourth-order valence-electron chi connectivity index (χ4n) is 3.27. The van der Waals surface area contributed by atoms with Crippen LogP contribution in [0.4, 0.5) is 10.6 Å². The molecule has 0 aliphatic carbocycles. The first-order valence-corrected chi connectivity index (χ1v) is 10.0. The van der Waals surface area contributed by atoms with Crippen LogP contribution in [-0.4, -0.2) is 46.5 Å². The normalized spacial score (nSPS) is 16.8. The van der Waals surface area contributed by atoms with Crippen molar-refractivity contribution >= 4 is 17.9 Å². The van der Waals surface area contributed by atoms with Gasteiger partial charge in [-0.2, -0.15) is 5.10 Å². The molecule has 150 valence electrons. The van der Waals surface area contributed by atoms with E-state index in [1.54, 1.807) is 6.20 Å². The molecule has 6 nitrogen and oxygen atoms in total. The molecule has 1 aliphatic rings. The summed E-state index contributed by atoms with van der Waals surface area (Å²) < 4.78 is 7.59. The van der Waals surface area contributed by atoms with Gasteiger partial charge in [0.15, 0.2) is 0 Å². The van der Waals surface area contributed by atoms with Gasteiger partial charge in [-0.05, 0) is 24.3 Å². The molecule has 0 unspecified atom stereocenters. The van der Waals surface area contributed by atoms with Crippen molar-refractivity contribution < 1.29 is 9.53 Å². The van der Waals surface area contributed by atoms with E-state index in [1.165, 1.54) is 0 Å². The van der Waals surface area contributed by atoms with Crippen LogP contribution in [-0.2, 0) is 11.3 Å². The highest BCUT2D eigenvalue weighted by molar-refractivity contribution is 5.88. The molecule has 3 rings (SSSR count). The molecule has 1 N–H and O–H groups in total. The van der Waals surface area contributed by atoms with Gasteiger partial charge in [0.1, 0.15) is 5.82 Å². The zero-order valence-electron chi connectivity index (χ0n) is 16.8. The molecule has 0 radical (unpaired) electrons. The van der Waals surface area contributed by atoms with E-state index in [0.717, 1.165) is 37.4 Å². The van der Waals surface area contributed by atoms with Crippen LogP contribution in [0.2, 0.25) is 0 Å². The molecule has 2 aromatic rings. The van der Waals surface area contributed by atoms with Crippen LogP contribution >= 0.6 is 0 Å². The van der Waals surface area contributed by atoms with Crippen molar-refractivity contribution in [3.8, 4) is 0 Å². The van der Waals surface area contributed by atoms with E-state index < -0.39 is 0 Å². The van der Waals surface area contributed by atoms with Crippen LogP contribution < -0.4 is 5.32 Å². The van der Waals surface area contributed by atoms with Crippen molar-refractivity contribution in [2.45, 2.75) is 39.3 Å². The molecule has 1 atom stereocenters. The lowest BCUT2D eigenvalue weighted by Gasteiger charge is -2.25. The SMILES string of the molecule is CC(C)Cn1nccc1NC(=O)N(C/C=C/c1ccccc1)C[C@H]1CCCO1. The van der Waals surface area contributed by atoms with E-state index in [-0.39, 0.29) is 12.1 Å². The van der Waals surface area contributed by atoms with Gasteiger partial charge in [-0.3, -0.25) is 5.32 Å². The molecule has 0 spiro atoms. The molecule has 1 aromatic heterocycles. The van der Waals surface area contributed by atoms with Gasteiger partial charge >= 0.3 is 6.03 Å². The third-order valence-electron chi connectivity index (χ3n) is 4.66. The van der Waals surface area contributed by atoms with Crippen molar-refractivity contribution in [3.63, 3.8) is 0 Å². The van der Waals surface area contributed by atoms with Crippen molar-refractivity contribution in [2.75, 3.05) is 25.0 Å². The number of hydrogen-bond donors (Lipinski definition) is 1. The number of nitrogens with zero attached hydrogens (tertiary/aromatic N) is 3. The topological polar surface area (TPSA) is 59.4 Å². The fourth-order valence-corrected chi connectivity index (χ4v) is 3.27. The number of hydrogen-bond acceptors (Lipinski definition) is 3. The van der Waals surface area contributed by atoms with E-state index in [1.807, 2.05) is 58.1 Å². The zero-order valence-corrected chi connectivity index (χ0v) is 16.8. The maximum Gasteiger partial charge on any atom is 0.323 e. The molecular formula is C22H30N4O2. The lowest BCUT2D eigenvalue weighted by atomic mass is 10.2. The van der Waals surface area contributed by atoms with Crippen LogP contribution in [0.5, 0.6) is 0 Å². The minimum Gasteiger partial charge on any atom is -0.376 e. The number of benzene rings is 1. The van der Waals surface area contributed by atoms with E-state index in [2.05, 4.69) is 24.3 Å². The predicted octanol–water partition coefficient (Wildman–Crippen LogP) is 4.27. The van der Waals surface area contributed by atoms with E-state index in [0.29, 0.717) is 19.0 Å². The Balaban J connectivity index is 1.66. The first-order chi connectivity index (χ1) is 13.6. The number of nitrogens with one attached hydrogen (secondary N) is 1. The molecule has 1 aromatic carbocycles. The predicted molar refractivity (Wildman–Crippen MR) is 112 cm³/mol. The van der Waals surface area contributed by atoms with Crippen LogP contribution in [0.25, 0.3) is 6.08 Å². The van der Waals surface area contributed by atoms with Crippen molar-refractivity contribution in [1.29, 1.82) is 0 Å². The minimum absolute atomic E-state index is 0.108. The summed E-state index contributed by atoms with van der Waals surface area (Å²) in [6, 6.07) is 11.8. The molecular weight excluding hydrogens is 352 g/mol. The van der Waals surface area contributed by atoms with Crippen LogP contribution in [0.3, 0.4) is 0 Å². The highest BCUT2D eigenvalue weighted by Crippen LogP contribution is 2.15. The van der Waals surface area contributed by atoms with Gasteiger partial charge in [0.05, 0.1) is 12.3 Å². The standard InChI is InChI=1S/C22H30N4O2/c1-18(2)16-26-21(12-13-23-26)24-22(27)25(17-20-11-7-15-28-20)14-6-10-19-8-4-3-5-9-19/h3-6,8-10,12-13,18,20H,7,11,14-17H2,1-2H3,(H,24,27)/b10-6+/t20-/m1/s1. The first-order valence-electron chi connectivity index (χ1n) is 10.0. The Labute approximate surface area is 167 Å². The summed E-state index contributed by atoms with van der Waals surface area (Å²) in [5.74, 6) is 1.18. The molecule has 2 amide bonds. The van der Waals surface area contributed by atoms with Crippen molar-refractivity contribution in [2.24, 2.45) is 5.92 Å². The van der Waals surface area contributed by atoms with Crippen molar-refractivity contribution in [3.05, 3.63) is 54.2 Å². The molecule has 2 heterocycles. The average Bonchev–Trinajstić information content (AvgIpc) is 3.34. The highest BCUT2D eigenvalue weighted by Gasteiger charge is 2.22. The summed E-state index contributed by atoms with van der Waals surface area (Å²) in [5, 5.41) is 7.34. The summed E-state index contributed by atoms with van der Waals surface area (Å²) in [7, 11) is 0. The Bertz CT molecular complexity index is 764. The highest BCUT2D eigenvalue weighted by atomic mass is 16.5. The van der Waals surface area contributed by atoms with Gasteiger partial charge in [0, 0.05) is 32.3 Å². The molecule has 0 saturated carbocycles. The Morgan fingerprint density at radius 3 is 2.89 bits per heavy atom. The zero-order chi connectivity index (χ0) is 19.8. The number of ether oxygens (including phenoxy) is 1. The number of aromatic nitrogens is 2. The molecule has 1 saturated heterocycles. The third kappa shape index (κ3) is 5.96. The molecule has 28 heavy (non-hydrogen) atoms. The summed E-state index contributed by atoms with van der Waals surface area (Å²) >= 11 is 0. The first kappa shape index (κ1) is 20.1. The van der Waals surface area contributed by atoms with E-state index >= 15 is 0 Å². The molecule has 1 aliphatic heterocycles. The molecule has 1 fully saturated rings. The third-order valence-corrected chi connectivity index (χ3v) is 4.66. The lowest BCUT2D eigenvalue weighted by molar-refractivity contribution is 0.0863. The quantitative estimate of drug-likeness (QED) is 0.742. The smallest absolute Gasteiger partial charge is 0.323 e. The lowest BCUT2D eigenvalue weighted by Crippen LogP contribution is -2.40. The second kappa shape index (κ2) is 10.1. The number of amides is 2. The molecule has 6 heteroatoms. The maximum absolute atomic E-state index is 13.0. The minimum atomic E-state index is -0.126. The fraction of sp³-hybridized carbons (Fsp3) is 0.455. The van der Waals surface area contributed by atoms with Crippen LogP contribution in [0, 0.1) is 5.92 Å². The number of anilines is 1. The largest absolute Gasteiger partial charge is 0.376 e. The van der Waals surface area contributed by atoms with Gasteiger partial charge in [0.25, 0.3) is 0 Å². The Hall–Kier alpha value is -2.60. The van der Waals surface area contributed by atoms with Gasteiger partial charge in [0.2, 0.25) is 0 Å². The van der Waals surface area contributed by atoms with Crippen LogP contribution in [0.15, 0.2) is 48.7 Å². The maximum atomic E-state index is 13.0. The van der Waals surface area contributed by atoms with Crippen molar-refractivity contribution in [1.82, 2.24) is 14.7 Å². The monoisotopic (exact) mass is 382 g/mol. The number of carbonyl (C=O) groups excluding carboxylic acids is 1. The molecule has 0 bridgehead atoms. The summed E-state index contributed by atoms with van der Waals surface area (Å²) in [4.78, 5) is 14.8. The van der Waals surface area contributed by atoms with Crippen LogP contribution in [0.1, 0.15) is 32.3 Å². The van der Waals surface area contributed by atoms with Gasteiger partial charge < -0.3 is 9.64 Å².